The summed E-state index contributed by atoms with van der Waals surface area (Å²) in [6, 6.07) is 2.58. The third-order valence-corrected chi connectivity index (χ3v) is 2.43. The lowest BCUT2D eigenvalue weighted by atomic mass is 10.5. The first-order valence-corrected chi connectivity index (χ1v) is 4.90. The van der Waals surface area contributed by atoms with Gasteiger partial charge in [0, 0.05) is 0 Å². The molecule has 0 N–H and O–H groups in total. The monoisotopic (exact) mass is 142 g/mol. The van der Waals surface area contributed by atoms with Gasteiger partial charge in [-0.1, -0.05) is 0 Å². The van der Waals surface area contributed by atoms with Gasteiger partial charge in [0.1, 0.15) is 0 Å². The molecule has 0 saturated carbocycles. The summed E-state index contributed by atoms with van der Waals surface area (Å²) in [5.41, 5.74) is 0. The Bertz CT molecular complexity index is 99.2. The fourth-order valence-corrected chi connectivity index (χ4v) is 1.44. The summed E-state index contributed by atoms with van der Waals surface area (Å²) >= 11 is 0. The Labute approximate surface area is 58.2 Å². The second kappa shape index (κ2) is 7.60. The zero-order chi connectivity index (χ0) is 6.95. The minimum atomic E-state index is 0.620. The van der Waals surface area contributed by atoms with Crippen molar-refractivity contribution in [1.29, 1.82) is 0 Å². The van der Waals surface area contributed by atoms with Crippen LogP contribution in [0.5, 0.6) is 0 Å². The van der Waals surface area contributed by atoms with Gasteiger partial charge in [0.05, 0.1) is 18.6 Å². The summed E-state index contributed by atoms with van der Waals surface area (Å²) in [7, 11) is 0.620. The van der Waals surface area contributed by atoms with E-state index in [0.29, 0.717) is 16.1 Å². The van der Waals surface area contributed by atoms with Gasteiger partial charge in [0.25, 0.3) is 9.52 Å². The number of rotatable bonds is 5. The Kier molecular flexibility index (Phi) is 7.26. The maximum Gasteiger partial charge on any atom is 0.298 e. The minimum absolute atomic E-state index is 0.620. The van der Waals surface area contributed by atoms with Crippen LogP contribution in [0.25, 0.3) is 0 Å². The lowest BCUT2D eigenvalue weighted by Gasteiger charge is -1.80. The van der Waals surface area contributed by atoms with E-state index in [1.54, 1.807) is 0 Å². The second-order valence-corrected chi connectivity index (χ2v) is 3.78. The molecule has 3 heteroatoms. The lowest BCUT2D eigenvalue weighted by molar-refractivity contribution is 0.562. The number of carbonyl (C=O) groups excluding carboxylic acids is 1. The molecular weight excluding hydrogens is 130 g/mol. The van der Waals surface area contributed by atoms with Gasteiger partial charge in [-0.05, 0) is 13.3 Å². The molecule has 0 rings (SSSR count). The SMILES string of the molecule is CC[SiH+]CCCN=C=O. The first-order chi connectivity index (χ1) is 4.41. The summed E-state index contributed by atoms with van der Waals surface area (Å²) in [6.45, 7) is 2.87. The number of isocyanates is 1. The third-order valence-electron chi connectivity index (χ3n) is 1.03. The molecule has 0 unspecified atom stereocenters. The maximum absolute atomic E-state index is 9.55. The minimum Gasteiger partial charge on any atom is -0.211 e. The first-order valence-electron chi connectivity index (χ1n) is 3.27. The largest absolute Gasteiger partial charge is 0.298 e. The second-order valence-electron chi connectivity index (χ2n) is 1.81. The molecule has 0 aromatic rings. The molecule has 0 aliphatic carbocycles. The average Bonchev–Trinajstić information content (AvgIpc) is 1.89. The molecule has 0 spiro atoms. The van der Waals surface area contributed by atoms with Crippen LogP contribution in [0.3, 0.4) is 0 Å². The highest BCUT2D eigenvalue weighted by atomic mass is 28.2. The Morgan fingerprint density at radius 1 is 1.67 bits per heavy atom. The highest BCUT2D eigenvalue weighted by Gasteiger charge is 1.96. The van der Waals surface area contributed by atoms with Crippen LogP contribution in [0.15, 0.2) is 4.99 Å². The van der Waals surface area contributed by atoms with E-state index in [2.05, 4.69) is 11.9 Å². The topological polar surface area (TPSA) is 29.4 Å². The molecule has 0 fully saturated rings. The quantitative estimate of drug-likeness (QED) is 0.244. The van der Waals surface area contributed by atoms with Crippen molar-refractivity contribution in [3.63, 3.8) is 0 Å². The molecule has 0 aliphatic heterocycles. The van der Waals surface area contributed by atoms with E-state index < -0.39 is 0 Å². The molecule has 0 atom stereocenters. The van der Waals surface area contributed by atoms with E-state index in [0.717, 1.165) is 6.42 Å². The Hall–Kier alpha value is -0.403. The van der Waals surface area contributed by atoms with Crippen LogP contribution < -0.4 is 0 Å². The van der Waals surface area contributed by atoms with E-state index in [4.69, 9.17) is 0 Å². The van der Waals surface area contributed by atoms with Crippen molar-refractivity contribution in [2.45, 2.75) is 25.4 Å². The van der Waals surface area contributed by atoms with Crippen LogP contribution >= 0.6 is 0 Å². The highest BCUT2D eigenvalue weighted by molar-refractivity contribution is 6.35. The summed E-state index contributed by atoms with van der Waals surface area (Å²) in [5.74, 6) is 0. The molecule has 0 aromatic carbocycles. The maximum atomic E-state index is 9.55. The van der Waals surface area contributed by atoms with E-state index in [1.807, 2.05) is 0 Å². The van der Waals surface area contributed by atoms with Gasteiger partial charge < -0.3 is 0 Å². The van der Waals surface area contributed by atoms with Gasteiger partial charge >= 0.3 is 0 Å². The molecule has 9 heavy (non-hydrogen) atoms. The van der Waals surface area contributed by atoms with Crippen molar-refractivity contribution < 1.29 is 4.79 Å². The molecule has 0 aliphatic rings. The van der Waals surface area contributed by atoms with Crippen molar-refractivity contribution in [3.05, 3.63) is 0 Å². The summed E-state index contributed by atoms with van der Waals surface area (Å²) in [6.07, 6.45) is 2.60. The molecule has 0 aromatic heterocycles. The average molecular weight is 142 g/mol. The van der Waals surface area contributed by atoms with Gasteiger partial charge in [-0.3, -0.25) is 0 Å². The normalized spacial score (nSPS) is 8.11. The van der Waals surface area contributed by atoms with E-state index >= 15 is 0 Å². The van der Waals surface area contributed by atoms with Gasteiger partial charge in [-0.2, -0.15) is 0 Å². The number of aliphatic imine (C=N–C) groups is 1. The lowest BCUT2D eigenvalue weighted by Crippen LogP contribution is -1.87. The zero-order valence-corrected chi connectivity index (χ0v) is 6.92. The third kappa shape index (κ3) is 7.60. The van der Waals surface area contributed by atoms with Crippen LogP contribution in [0.2, 0.25) is 12.1 Å². The predicted octanol–water partition coefficient (Wildman–Crippen LogP) is 1.01. The molecule has 0 bridgehead atoms. The van der Waals surface area contributed by atoms with Gasteiger partial charge in [-0.25, -0.2) is 9.79 Å². The van der Waals surface area contributed by atoms with Crippen LogP contribution in [0.1, 0.15) is 13.3 Å². The van der Waals surface area contributed by atoms with Crippen LogP contribution in [-0.2, 0) is 4.79 Å². The molecule has 0 heterocycles. The first kappa shape index (κ1) is 8.60. The summed E-state index contributed by atoms with van der Waals surface area (Å²) < 4.78 is 0. The molecule has 0 amide bonds. The summed E-state index contributed by atoms with van der Waals surface area (Å²) in [5, 5.41) is 0. The van der Waals surface area contributed by atoms with Gasteiger partial charge in [0.2, 0.25) is 6.08 Å². The van der Waals surface area contributed by atoms with Crippen molar-refractivity contribution >= 4 is 15.6 Å². The Morgan fingerprint density at radius 3 is 3.00 bits per heavy atom. The molecule has 0 radical (unpaired) electrons. The van der Waals surface area contributed by atoms with Crippen molar-refractivity contribution in [1.82, 2.24) is 0 Å². The molecule has 0 saturated heterocycles. The van der Waals surface area contributed by atoms with Crippen LogP contribution in [-0.4, -0.2) is 22.1 Å². The molecule has 50 valence electrons. The van der Waals surface area contributed by atoms with Crippen molar-refractivity contribution in [3.8, 4) is 0 Å². The predicted molar refractivity (Wildman–Crippen MR) is 40.0 cm³/mol. The Morgan fingerprint density at radius 2 is 2.44 bits per heavy atom. The van der Waals surface area contributed by atoms with Gasteiger partial charge in [0.15, 0.2) is 0 Å². The van der Waals surface area contributed by atoms with Crippen molar-refractivity contribution in [2.75, 3.05) is 6.54 Å². The fraction of sp³-hybridized carbons (Fsp3) is 0.833. The number of hydrogen-bond donors (Lipinski definition) is 0. The summed E-state index contributed by atoms with van der Waals surface area (Å²) in [4.78, 5) is 13.0. The standard InChI is InChI=1S/C6H12NOSi/c1-2-9-5-3-4-7-6-8/h9H,2-5H2,1H3/q+1. The van der Waals surface area contributed by atoms with E-state index in [1.165, 1.54) is 18.2 Å². The fourth-order valence-electron chi connectivity index (χ4n) is 0.564. The van der Waals surface area contributed by atoms with Crippen molar-refractivity contribution in [2.24, 2.45) is 4.99 Å². The highest BCUT2D eigenvalue weighted by Crippen LogP contribution is 1.90. The smallest absolute Gasteiger partial charge is 0.211 e. The van der Waals surface area contributed by atoms with E-state index in [-0.39, 0.29) is 0 Å². The van der Waals surface area contributed by atoms with Crippen LogP contribution in [0.4, 0.5) is 0 Å². The van der Waals surface area contributed by atoms with Crippen LogP contribution in [0, 0.1) is 0 Å². The molecule has 2 nitrogen and oxygen atoms in total. The Balaban J connectivity index is 2.82. The molecular formula is C6H12NOSi+. The number of hydrogen-bond acceptors (Lipinski definition) is 2. The van der Waals surface area contributed by atoms with E-state index in [9.17, 15) is 4.79 Å². The van der Waals surface area contributed by atoms with Gasteiger partial charge in [-0.15, -0.1) is 0 Å². The zero-order valence-electron chi connectivity index (χ0n) is 5.76. The number of nitrogens with zero attached hydrogens (tertiary/aromatic N) is 1.